The van der Waals surface area contributed by atoms with Gasteiger partial charge in [0.15, 0.2) is 0 Å². The maximum atomic E-state index is 10.7. The zero-order chi connectivity index (χ0) is 10.4. The molecule has 2 atom stereocenters. The van der Waals surface area contributed by atoms with E-state index in [0.717, 1.165) is 0 Å². The van der Waals surface area contributed by atoms with Gasteiger partial charge in [0.2, 0.25) is 0 Å². The first-order valence-electron chi connectivity index (χ1n) is 4.63. The van der Waals surface area contributed by atoms with Crippen LogP contribution in [0.5, 0.6) is 0 Å². The van der Waals surface area contributed by atoms with Gasteiger partial charge in [0.05, 0.1) is 6.10 Å². The summed E-state index contributed by atoms with van der Waals surface area (Å²) < 4.78 is 0. The molecular weight excluding hydrogens is 170 g/mol. The lowest BCUT2D eigenvalue weighted by Crippen LogP contribution is -2.44. The second-order valence-corrected chi connectivity index (χ2v) is 3.53. The minimum Gasteiger partial charge on any atom is -0.480 e. The summed E-state index contributed by atoms with van der Waals surface area (Å²) in [6.07, 6.45) is 0.179. The molecule has 0 aliphatic carbocycles. The van der Waals surface area contributed by atoms with Gasteiger partial charge in [0.25, 0.3) is 0 Å². The fourth-order valence-electron chi connectivity index (χ4n) is 1.02. The number of carbonyl (C=O) groups is 1. The number of hydrogen-bond acceptors (Lipinski definition) is 3. The SMILES string of the molecule is CCC(O)CNC(C(=O)O)C(C)C. The van der Waals surface area contributed by atoms with Crippen molar-refractivity contribution in [1.82, 2.24) is 5.32 Å². The maximum absolute atomic E-state index is 10.7. The molecule has 13 heavy (non-hydrogen) atoms. The van der Waals surface area contributed by atoms with Gasteiger partial charge in [-0.3, -0.25) is 4.79 Å². The summed E-state index contributed by atoms with van der Waals surface area (Å²) in [7, 11) is 0. The Morgan fingerprint density at radius 2 is 2.00 bits per heavy atom. The highest BCUT2D eigenvalue weighted by molar-refractivity contribution is 5.73. The maximum Gasteiger partial charge on any atom is 0.320 e. The van der Waals surface area contributed by atoms with Gasteiger partial charge in [-0.15, -0.1) is 0 Å². The zero-order valence-corrected chi connectivity index (χ0v) is 8.45. The number of rotatable bonds is 6. The van der Waals surface area contributed by atoms with Crippen molar-refractivity contribution in [2.24, 2.45) is 5.92 Å². The van der Waals surface area contributed by atoms with E-state index in [9.17, 15) is 9.90 Å². The average molecular weight is 189 g/mol. The van der Waals surface area contributed by atoms with Crippen molar-refractivity contribution in [1.29, 1.82) is 0 Å². The average Bonchev–Trinajstić information content (AvgIpc) is 2.03. The molecule has 0 radical (unpaired) electrons. The number of carboxylic acids is 1. The van der Waals surface area contributed by atoms with E-state index in [1.165, 1.54) is 0 Å². The van der Waals surface area contributed by atoms with Crippen molar-refractivity contribution >= 4 is 5.97 Å². The Morgan fingerprint density at radius 1 is 1.46 bits per heavy atom. The molecule has 4 heteroatoms. The molecule has 0 heterocycles. The van der Waals surface area contributed by atoms with E-state index in [1.54, 1.807) is 0 Å². The van der Waals surface area contributed by atoms with Gasteiger partial charge in [-0.2, -0.15) is 0 Å². The summed E-state index contributed by atoms with van der Waals surface area (Å²) in [6, 6.07) is -0.568. The Kier molecular flexibility index (Phi) is 5.66. The van der Waals surface area contributed by atoms with Crippen molar-refractivity contribution in [2.75, 3.05) is 6.54 Å². The Labute approximate surface area is 79.0 Å². The molecule has 78 valence electrons. The van der Waals surface area contributed by atoms with Gasteiger partial charge in [-0.1, -0.05) is 20.8 Å². The van der Waals surface area contributed by atoms with Crippen LogP contribution in [0.2, 0.25) is 0 Å². The van der Waals surface area contributed by atoms with Crippen LogP contribution in [0.1, 0.15) is 27.2 Å². The van der Waals surface area contributed by atoms with E-state index in [-0.39, 0.29) is 5.92 Å². The molecule has 0 aromatic carbocycles. The normalized spacial score (nSPS) is 15.8. The summed E-state index contributed by atoms with van der Waals surface area (Å²) in [5.74, 6) is -0.833. The van der Waals surface area contributed by atoms with Gasteiger partial charge in [0.1, 0.15) is 6.04 Å². The zero-order valence-electron chi connectivity index (χ0n) is 8.45. The van der Waals surface area contributed by atoms with E-state index < -0.39 is 18.1 Å². The Bertz CT molecular complexity index is 159. The van der Waals surface area contributed by atoms with Crippen LogP contribution in [-0.4, -0.2) is 34.9 Å². The second-order valence-electron chi connectivity index (χ2n) is 3.53. The minimum absolute atomic E-state index is 0.0292. The largest absolute Gasteiger partial charge is 0.480 e. The van der Waals surface area contributed by atoms with E-state index in [1.807, 2.05) is 20.8 Å². The van der Waals surface area contributed by atoms with Crippen LogP contribution >= 0.6 is 0 Å². The van der Waals surface area contributed by atoms with Crippen LogP contribution in [-0.2, 0) is 4.79 Å². The molecule has 0 aromatic rings. The molecular formula is C9H19NO3. The molecule has 0 spiro atoms. The number of hydrogen-bond donors (Lipinski definition) is 3. The second kappa shape index (κ2) is 5.94. The molecule has 0 aliphatic rings. The quantitative estimate of drug-likeness (QED) is 0.567. The fraction of sp³-hybridized carbons (Fsp3) is 0.889. The predicted octanol–water partition coefficient (Wildman–Crippen LogP) is 0.456. The summed E-state index contributed by atoms with van der Waals surface area (Å²) in [4.78, 5) is 10.7. The van der Waals surface area contributed by atoms with Crippen LogP contribution in [0.4, 0.5) is 0 Å². The number of aliphatic carboxylic acids is 1. The Balaban J connectivity index is 3.90. The lowest BCUT2D eigenvalue weighted by atomic mass is 10.0. The first-order valence-corrected chi connectivity index (χ1v) is 4.63. The van der Waals surface area contributed by atoms with E-state index in [0.29, 0.717) is 13.0 Å². The first-order chi connectivity index (χ1) is 5.99. The molecule has 0 aliphatic heterocycles. The minimum atomic E-state index is -0.863. The molecule has 0 aromatic heterocycles. The van der Waals surface area contributed by atoms with Crippen LogP contribution in [0.25, 0.3) is 0 Å². The summed E-state index contributed by atoms with van der Waals surface area (Å²) in [6.45, 7) is 5.87. The van der Waals surface area contributed by atoms with Gasteiger partial charge in [-0.05, 0) is 12.3 Å². The molecule has 4 nitrogen and oxygen atoms in total. The summed E-state index contributed by atoms with van der Waals surface area (Å²) >= 11 is 0. The molecule has 0 fully saturated rings. The molecule has 0 saturated heterocycles. The van der Waals surface area contributed by atoms with Crippen LogP contribution in [0, 0.1) is 5.92 Å². The van der Waals surface area contributed by atoms with Gasteiger partial charge < -0.3 is 15.5 Å². The predicted molar refractivity (Wildman–Crippen MR) is 50.6 cm³/mol. The Morgan fingerprint density at radius 3 is 2.31 bits per heavy atom. The highest BCUT2D eigenvalue weighted by Crippen LogP contribution is 2.01. The highest BCUT2D eigenvalue weighted by Gasteiger charge is 2.20. The summed E-state index contributed by atoms with van der Waals surface area (Å²) in [5.41, 5.74) is 0. The van der Waals surface area contributed by atoms with Gasteiger partial charge >= 0.3 is 5.97 Å². The van der Waals surface area contributed by atoms with Gasteiger partial charge in [0, 0.05) is 6.54 Å². The van der Waals surface area contributed by atoms with Crippen LogP contribution < -0.4 is 5.32 Å². The fourth-order valence-corrected chi connectivity index (χ4v) is 1.02. The lowest BCUT2D eigenvalue weighted by Gasteiger charge is -2.19. The molecule has 0 bridgehead atoms. The summed E-state index contributed by atoms with van der Waals surface area (Å²) in [5, 5.41) is 20.8. The highest BCUT2D eigenvalue weighted by atomic mass is 16.4. The van der Waals surface area contributed by atoms with E-state index in [4.69, 9.17) is 5.11 Å². The smallest absolute Gasteiger partial charge is 0.320 e. The molecule has 0 rings (SSSR count). The van der Waals surface area contributed by atoms with Crippen molar-refractivity contribution in [3.05, 3.63) is 0 Å². The molecule has 2 unspecified atom stereocenters. The Hall–Kier alpha value is -0.610. The van der Waals surface area contributed by atoms with E-state index >= 15 is 0 Å². The first kappa shape index (κ1) is 12.4. The number of carboxylic acid groups (broad SMARTS) is 1. The third kappa shape index (κ3) is 4.85. The number of aliphatic hydroxyl groups excluding tert-OH is 1. The van der Waals surface area contributed by atoms with Crippen molar-refractivity contribution in [2.45, 2.75) is 39.3 Å². The third-order valence-corrected chi connectivity index (χ3v) is 1.98. The van der Waals surface area contributed by atoms with Crippen molar-refractivity contribution in [3.8, 4) is 0 Å². The molecule has 0 amide bonds. The standard InChI is InChI=1S/C9H19NO3/c1-4-7(11)5-10-8(6(2)3)9(12)13/h6-8,10-11H,4-5H2,1-3H3,(H,12,13). The van der Waals surface area contributed by atoms with Crippen molar-refractivity contribution < 1.29 is 15.0 Å². The lowest BCUT2D eigenvalue weighted by molar-refractivity contribution is -0.140. The van der Waals surface area contributed by atoms with Crippen molar-refractivity contribution in [3.63, 3.8) is 0 Å². The van der Waals surface area contributed by atoms with Crippen LogP contribution in [0.3, 0.4) is 0 Å². The third-order valence-electron chi connectivity index (χ3n) is 1.98. The van der Waals surface area contributed by atoms with Gasteiger partial charge in [-0.25, -0.2) is 0 Å². The number of aliphatic hydroxyl groups is 1. The van der Waals surface area contributed by atoms with Crippen LogP contribution in [0.15, 0.2) is 0 Å². The topological polar surface area (TPSA) is 69.6 Å². The monoisotopic (exact) mass is 189 g/mol. The molecule has 3 N–H and O–H groups in total. The van der Waals surface area contributed by atoms with E-state index in [2.05, 4.69) is 5.32 Å². The molecule has 0 saturated carbocycles. The number of nitrogens with one attached hydrogen (secondary N) is 1.